The summed E-state index contributed by atoms with van der Waals surface area (Å²) < 4.78 is 0. The molecule has 0 aromatic rings. The van der Waals surface area contributed by atoms with Crippen molar-refractivity contribution in [2.24, 2.45) is 11.8 Å². The molecule has 0 heteroatoms. The minimum atomic E-state index is 0.890. The Bertz CT molecular complexity index is 178. The molecule has 0 nitrogen and oxygen atoms in total. The molecule has 2 aliphatic rings. The van der Waals surface area contributed by atoms with Gasteiger partial charge in [0.1, 0.15) is 0 Å². The zero-order chi connectivity index (χ0) is 8.93. The van der Waals surface area contributed by atoms with Gasteiger partial charge in [-0.2, -0.15) is 0 Å². The Morgan fingerprint density at radius 3 is 1.77 bits per heavy atom. The molecule has 0 spiro atoms. The van der Waals surface area contributed by atoms with E-state index < -0.39 is 0 Å². The Balaban J connectivity index is 1.82. The van der Waals surface area contributed by atoms with Gasteiger partial charge < -0.3 is 0 Å². The van der Waals surface area contributed by atoms with Crippen LogP contribution in [0.1, 0.15) is 44.9 Å². The SMILES string of the molecule is C1=CC(CC2C=CCCC2)CCC1. The van der Waals surface area contributed by atoms with E-state index in [0.717, 1.165) is 11.8 Å². The third-order valence-corrected chi connectivity index (χ3v) is 3.31. The van der Waals surface area contributed by atoms with E-state index in [-0.39, 0.29) is 0 Å². The molecule has 0 aromatic carbocycles. The standard InChI is InChI=1S/C13H20/c1-3-7-12(8-4-1)11-13-9-5-2-6-10-13/h3,5,7,9,12-13H,1-2,4,6,8,10-11H2. The van der Waals surface area contributed by atoms with Gasteiger partial charge in [-0.05, 0) is 56.8 Å². The third kappa shape index (κ3) is 2.72. The van der Waals surface area contributed by atoms with Gasteiger partial charge in [-0.25, -0.2) is 0 Å². The van der Waals surface area contributed by atoms with E-state index in [1.807, 2.05) is 0 Å². The molecule has 0 heterocycles. The second-order valence-corrected chi connectivity index (χ2v) is 4.47. The summed E-state index contributed by atoms with van der Waals surface area (Å²) in [5.74, 6) is 1.78. The Morgan fingerprint density at radius 1 is 0.846 bits per heavy atom. The zero-order valence-electron chi connectivity index (χ0n) is 8.41. The summed E-state index contributed by atoms with van der Waals surface area (Å²) in [6.45, 7) is 0. The molecule has 0 bridgehead atoms. The fourth-order valence-electron chi connectivity index (χ4n) is 2.55. The van der Waals surface area contributed by atoms with E-state index in [1.165, 1.54) is 44.9 Å². The van der Waals surface area contributed by atoms with Gasteiger partial charge in [-0.3, -0.25) is 0 Å². The highest BCUT2D eigenvalue weighted by molar-refractivity contribution is 4.98. The van der Waals surface area contributed by atoms with Crippen LogP contribution in [0, 0.1) is 11.8 Å². The number of hydrogen-bond donors (Lipinski definition) is 0. The van der Waals surface area contributed by atoms with Gasteiger partial charge in [0, 0.05) is 0 Å². The van der Waals surface area contributed by atoms with Crippen LogP contribution < -0.4 is 0 Å². The van der Waals surface area contributed by atoms with E-state index >= 15 is 0 Å². The molecule has 72 valence electrons. The summed E-state index contributed by atoms with van der Waals surface area (Å²) >= 11 is 0. The van der Waals surface area contributed by atoms with E-state index in [9.17, 15) is 0 Å². The molecule has 0 amide bonds. The predicted molar refractivity (Wildman–Crippen MR) is 57.6 cm³/mol. The zero-order valence-corrected chi connectivity index (χ0v) is 8.41. The first-order valence-electron chi connectivity index (χ1n) is 5.78. The second-order valence-electron chi connectivity index (χ2n) is 4.47. The predicted octanol–water partition coefficient (Wildman–Crippen LogP) is 4.09. The summed E-state index contributed by atoms with van der Waals surface area (Å²) in [5.41, 5.74) is 0. The number of allylic oxidation sites excluding steroid dienone is 4. The first kappa shape index (κ1) is 9.05. The molecule has 2 atom stereocenters. The van der Waals surface area contributed by atoms with Crippen LogP contribution in [0.4, 0.5) is 0 Å². The van der Waals surface area contributed by atoms with Crippen molar-refractivity contribution in [1.82, 2.24) is 0 Å². The summed E-state index contributed by atoms with van der Waals surface area (Å²) in [5, 5.41) is 0. The highest BCUT2D eigenvalue weighted by atomic mass is 14.2. The fraction of sp³-hybridized carbons (Fsp3) is 0.692. The van der Waals surface area contributed by atoms with Gasteiger partial charge in [-0.15, -0.1) is 0 Å². The van der Waals surface area contributed by atoms with Gasteiger partial charge >= 0.3 is 0 Å². The van der Waals surface area contributed by atoms with Crippen LogP contribution in [-0.4, -0.2) is 0 Å². The Kier molecular flexibility index (Phi) is 3.23. The lowest BCUT2D eigenvalue weighted by atomic mass is 9.83. The van der Waals surface area contributed by atoms with Crippen molar-refractivity contribution in [2.75, 3.05) is 0 Å². The van der Waals surface area contributed by atoms with Crippen molar-refractivity contribution in [3.63, 3.8) is 0 Å². The van der Waals surface area contributed by atoms with Crippen molar-refractivity contribution in [1.29, 1.82) is 0 Å². The fourth-order valence-corrected chi connectivity index (χ4v) is 2.55. The van der Waals surface area contributed by atoms with Crippen molar-refractivity contribution in [3.05, 3.63) is 24.3 Å². The van der Waals surface area contributed by atoms with Crippen molar-refractivity contribution < 1.29 is 0 Å². The van der Waals surface area contributed by atoms with E-state index in [4.69, 9.17) is 0 Å². The summed E-state index contributed by atoms with van der Waals surface area (Å²) in [4.78, 5) is 0. The number of hydrogen-bond acceptors (Lipinski definition) is 0. The first-order chi connectivity index (χ1) is 6.45. The van der Waals surface area contributed by atoms with Crippen LogP contribution in [0.5, 0.6) is 0 Å². The van der Waals surface area contributed by atoms with Gasteiger partial charge in [-0.1, -0.05) is 24.3 Å². The van der Waals surface area contributed by atoms with Crippen LogP contribution in [0.2, 0.25) is 0 Å². The minimum absolute atomic E-state index is 0.890. The topological polar surface area (TPSA) is 0 Å². The van der Waals surface area contributed by atoms with Crippen molar-refractivity contribution >= 4 is 0 Å². The van der Waals surface area contributed by atoms with Crippen LogP contribution in [0.15, 0.2) is 24.3 Å². The molecule has 0 fully saturated rings. The maximum atomic E-state index is 2.45. The monoisotopic (exact) mass is 176 g/mol. The van der Waals surface area contributed by atoms with E-state index in [2.05, 4.69) is 24.3 Å². The van der Waals surface area contributed by atoms with E-state index in [1.54, 1.807) is 0 Å². The summed E-state index contributed by atoms with van der Waals surface area (Å²) in [7, 11) is 0. The van der Waals surface area contributed by atoms with Crippen LogP contribution >= 0.6 is 0 Å². The highest BCUT2D eigenvalue weighted by Crippen LogP contribution is 2.29. The average molecular weight is 176 g/mol. The molecule has 0 aromatic heterocycles. The molecule has 0 saturated heterocycles. The van der Waals surface area contributed by atoms with Crippen molar-refractivity contribution in [2.45, 2.75) is 44.9 Å². The lowest BCUT2D eigenvalue weighted by molar-refractivity contribution is 0.405. The van der Waals surface area contributed by atoms with Crippen LogP contribution in [0.25, 0.3) is 0 Å². The molecule has 2 unspecified atom stereocenters. The lowest BCUT2D eigenvalue weighted by Crippen LogP contribution is -2.09. The lowest BCUT2D eigenvalue weighted by Gasteiger charge is -2.22. The van der Waals surface area contributed by atoms with Gasteiger partial charge in [0.15, 0.2) is 0 Å². The van der Waals surface area contributed by atoms with Gasteiger partial charge in [0.05, 0.1) is 0 Å². The third-order valence-electron chi connectivity index (χ3n) is 3.31. The maximum absolute atomic E-state index is 2.45. The Labute approximate surface area is 81.7 Å². The maximum Gasteiger partial charge on any atom is -0.0228 e. The molecular weight excluding hydrogens is 156 g/mol. The van der Waals surface area contributed by atoms with Crippen LogP contribution in [0.3, 0.4) is 0 Å². The number of rotatable bonds is 2. The van der Waals surface area contributed by atoms with Gasteiger partial charge in [0.2, 0.25) is 0 Å². The molecular formula is C13H20. The van der Waals surface area contributed by atoms with E-state index in [0.29, 0.717) is 0 Å². The minimum Gasteiger partial charge on any atom is -0.0883 e. The summed E-state index contributed by atoms with van der Waals surface area (Å²) in [6, 6.07) is 0. The Hall–Kier alpha value is -0.520. The quantitative estimate of drug-likeness (QED) is 0.556. The molecule has 0 N–H and O–H groups in total. The molecule has 2 rings (SSSR count). The molecule has 0 radical (unpaired) electrons. The molecule has 0 saturated carbocycles. The first-order valence-corrected chi connectivity index (χ1v) is 5.78. The normalized spacial score (nSPS) is 33.5. The van der Waals surface area contributed by atoms with Gasteiger partial charge in [0.25, 0.3) is 0 Å². The Morgan fingerprint density at radius 2 is 1.38 bits per heavy atom. The smallest absolute Gasteiger partial charge is 0.0228 e. The molecule has 13 heavy (non-hydrogen) atoms. The second kappa shape index (κ2) is 4.64. The van der Waals surface area contributed by atoms with Crippen molar-refractivity contribution in [3.8, 4) is 0 Å². The average Bonchev–Trinajstić information content (AvgIpc) is 2.21. The largest absolute Gasteiger partial charge is 0.0883 e. The van der Waals surface area contributed by atoms with Crippen LogP contribution in [-0.2, 0) is 0 Å². The highest BCUT2D eigenvalue weighted by Gasteiger charge is 2.15. The summed E-state index contributed by atoms with van der Waals surface area (Å²) in [6.07, 6.45) is 19.4. The molecule has 2 aliphatic carbocycles. The molecule has 0 aliphatic heterocycles.